The van der Waals surface area contributed by atoms with Gasteiger partial charge in [0.2, 0.25) is 0 Å². The number of para-hydroxylation sites is 1. The Labute approximate surface area is 125 Å². The van der Waals surface area contributed by atoms with Crippen LogP contribution in [0.2, 0.25) is 0 Å². The van der Waals surface area contributed by atoms with Crippen LogP contribution in [0.25, 0.3) is 11.1 Å². The molecule has 0 fully saturated rings. The van der Waals surface area contributed by atoms with Crippen LogP contribution in [0.3, 0.4) is 0 Å². The summed E-state index contributed by atoms with van der Waals surface area (Å²) in [5.74, 6) is 0.527. The maximum Gasteiger partial charge on any atom is 0.338 e. The third kappa shape index (κ3) is 3.07. The van der Waals surface area contributed by atoms with Crippen LogP contribution in [-0.4, -0.2) is 19.7 Å². The fourth-order valence-corrected chi connectivity index (χ4v) is 2.49. The Morgan fingerprint density at radius 2 is 1.71 bits per heavy atom. The van der Waals surface area contributed by atoms with Crippen LogP contribution in [0.15, 0.2) is 42.5 Å². The number of esters is 1. The van der Waals surface area contributed by atoms with Gasteiger partial charge in [-0.05, 0) is 36.6 Å². The molecule has 21 heavy (non-hydrogen) atoms. The van der Waals surface area contributed by atoms with Gasteiger partial charge in [0, 0.05) is 5.56 Å². The first-order chi connectivity index (χ1) is 10.2. The van der Waals surface area contributed by atoms with Crippen molar-refractivity contribution in [2.24, 2.45) is 0 Å². The smallest absolute Gasteiger partial charge is 0.338 e. The van der Waals surface area contributed by atoms with Crippen LogP contribution in [-0.2, 0) is 11.2 Å². The minimum atomic E-state index is -0.272. The SMILES string of the molecule is CCOC(=O)c1cccc(-c2ccccc2OC)c1CC. The molecule has 0 bridgehead atoms. The second kappa shape index (κ2) is 6.93. The molecule has 3 heteroatoms. The van der Waals surface area contributed by atoms with E-state index in [0.29, 0.717) is 12.2 Å². The number of carbonyl (C=O) groups excluding carboxylic acids is 1. The number of ether oxygens (including phenoxy) is 2. The van der Waals surface area contributed by atoms with E-state index in [9.17, 15) is 4.79 Å². The van der Waals surface area contributed by atoms with Crippen LogP contribution < -0.4 is 4.74 Å². The highest BCUT2D eigenvalue weighted by Crippen LogP contribution is 2.34. The molecular formula is C18H20O3. The predicted molar refractivity (Wildman–Crippen MR) is 83.8 cm³/mol. The van der Waals surface area contributed by atoms with Crippen molar-refractivity contribution >= 4 is 5.97 Å². The Kier molecular flexibility index (Phi) is 4.99. The summed E-state index contributed by atoms with van der Waals surface area (Å²) in [5, 5.41) is 0. The van der Waals surface area contributed by atoms with Crippen LogP contribution >= 0.6 is 0 Å². The number of methoxy groups -OCH3 is 1. The van der Waals surface area contributed by atoms with Crippen molar-refractivity contribution in [3.8, 4) is 16.9 Å². The van der Waals surface area contributed by atoms with Gasteiger partial charge in [0.25, 0.3) is 0 Å². The van der Waals surface area contributed by atoms with E-state index in [-0.39, 0.29) is 5.97 Å². The van der Waals surface area contributed by atoms with E-state index in [0.717, 1.165) is 28.9 Å². The minimum absolute atomic E-state index is 0.272. The highest BCUT2D eigenvalue weighted by Gasteiger charge is 2.17. The molecule has 0 saturated carbocycles. The molecule has 0 spiro atoms. The number of rotatable bonds is 5. The molecular weight excluding hydrogens is 264 g/mol. The molecule has 0 heterocycles. The lowest BCUT2D eigenvalue weighted by molar-refractivity contribution is 0.0525. The summed E-state index contributed by atoms with van der Waals surface area (Å²) in [7, 11) is 1.65. The molecule has 0 saturated heterocycles. The van der Waals surface area contributed by atoms with Crippen LogP contribution in [0.5, 0.6) is 5.75 Å². The quantitative estimate of drug-likeness (QED) is 0.775. The lowest BCUT2D eigenvalue weighted by Crippen LogP contribution is -2.09. The highest BCUT2D eigenvalue weighted by atomic mass is 16.5. The third-order valence-corrected chi connectivity index (χ3v) is 3.42. The van der Waals surface area contributed by atoms with Gasteiger partial charge >= 0.3 is 5.97 Å². The van der Waals surface area contributed by atoms with E-state index in [4.69, 9.17) is 9.47 Å². The van der Waals surface area contributed by atoms with Crippen LogP contribution in [0.1, 0.15) is 29.8 Å². The average Bonchev–Trinajstić information content (AvgIpc) is 2.54. The van der Waals surface area contributed by atoms with Crippen molar-refractivity contribution in [3.63, 3.8) is 0 Å². The zero-order valence-electron chi connectivity index (χ0n) is 12.7. The van der Waals surface area contributed by atoms with Crippen molar-refractivity contribution < 1.29 is 14.3 Å². The second-order valence-corrected chi connectivity index (χ2v) is 4.61. The first-order valence-corrected chi connectivity index (χ1v) is 7.15. The van der Waals surface area contributed by atoms with Gasteiger partial charge in [0.15, 0.2) is 0 Å². The molecule has 110 valence electrons. The number of hydrogen-bond acceptors (Lipinski definition) is 3. The maximum atomic E-state index is 12.1. The molecule has 0 amide bonds. The normalized spacial score (nSPS) is 10.2. The molecule has 2 aromatic carbocycles. The number of carbonyl (C=O) groups is 1. The summed E-state index contributed by atoms with van der Waals surface area (Å²) in [6.07, 6.45) is 0.752. The summed E-state index contributed by atoms with van der Waals surface area (Å²) in [6, 6.07) is 13.5. The zero-order chi connectivity index (χ0) is 15.2. The van der Waals surface area contributed by atoms with Gasteiger partial charge in [-0.25, -0.2) is 4.79 Å². The molecule has 0 radical (unpaired) electrons. The van der Waals surface area contributed by atoms with E-state index in [1.807, 2.05) is 56.3 Å². The van der Waals surface area contributed by atoms with E-state index in [1.165, 1.54) is 0 Å². The fourth-order valence-electron chi connectivity index (χ4n) is 2.49. The summed E-state index contributed by atoms with van der Waals surface area (Å²) in [6.45, 7) is 4.23. The van der Waals surface area contributed by atoms with Gasteiger partial charge in [-0.2, -0.15) is 0 Å². The summed E-state index contributed by atoms with van der Waals surface area (Å²) >= 11 is 0. The molecule has 2 rings (SSSR count). The number of hydrogen-bond donors (Lipinski definition) is 0. The number of benzene rings is 2. The standard InChI is InChI=1S/C18H20O3/c1-4-13-14(15-9-6-7-12-17(15)20-3)10-8-11-16(13)18(19)21-5-2/h6-12H,4-5H2,1-3H3. The van der Waals surface area contributed by atoms with E-state index >= 15 is 0 Å². The summed E-state index contributed by atoms with van der Waals surface area (Å²) in [4.78, 5) is 12.1. The van der Waals surface area contributed by atoms with Crippen molar-refractivity contribution in [1.82, 2.24) is 0 Å². The summed E-state index contributed by atoms with van der Waals surface area (Å²) in [5.41, 5.74) is 3.62. The molecule has 0 aliphatic rings. The average molecular weight is 284 g/mol. The second-order valence-electron chi connectivity index (χ2n) is 4.61. The maximum absolute atomic E-state index is 12.1. The van der Waals surface area contributed by atoms with Gasteiger partial charge in [-0.15, -0.1) is 0 Å². The summed E-state index contributed by atoms with van der Waals surface area (Å²) < 4.78 is 10.6. The molecule has 0 aromatic heterocycles. The van der Waals surface area contributed by atoms with E-state index in [1.54, 1.807) is 7.11 Å². The van der Waals surface area contributed by atoms with Gasteiger partial charge in [0.05, 0.1) is 19.3 Å². The van der Waals surface area contributed by atoms with Crippen molar-refractivity contribution in [3.05, 3.63) is 53.6 Å². The van der Waals surface area contributed by atoms with Gasteiger partial charge in [0.1, 0.15) is 5.75 Å². The van der Waals surface area contributed by atoms with Crippen molar-refractivity contribution in [2.75, 3.05) is 13.7 Å². The molecule has 0 aliphatic heterocycles. The Morgan fingerprint density at radius 3 is 2.38 bits per heavy atom. The lowest BCUT2D eigenvalue weighted by Gasteiger charge is -2.15. The third-order valence-electron chi connectivity index (χ3n) is 3.42. The predicted octanol–water partition coefficient (Wildman–Crippen LogP) is 4.10. The molecule has 3 nitrogen and oxygen atoms in total. The Bertz CT molecular complexity index is 632. The Hall–Kier alpha value is -2.29. The highest BCUT2D eigenvalue weighted by molar-refractivity contribution is 5.94. The van der Waals surface area contributed by atoms with E-state index in [2.05, 4.69) is 0 Å². The van der Waals surface area contributed by atoms with Crippen molar-refractivity contribution in [2.45, 2.75) is 20.3 Å². The molecule has 0 N–H and O–H groups in total. The molecule has 0 unspecified atom stereocenters. The lowest BCUT2D eigenvalue weighted by atomic mass is 9.93. The van der Waals surface area contributed by atoms with Crippen LogP contribution in [0, 0.1) is 0 Å². The zero-order valence-corrected chi connectivity index (χ0v) is 12.7. The Balaban J connectivity index is 2.59. The first kappa shape index (κ1) is 15.1. The van der Waals surface area contributed by atoms with Gasteiger partial charge in [-0.3, -0.25) is 0 Å². The Morgan fingerprint density at radius 1 is 1.00 bits per heavy atom. The van der Waals surface area contributed by atoms with Gasteiger partial charge in [-0.1, -0.05) is 37.3 Å². The minimum Gasteiger partial charge on any atom is -0.496 e. The van der Waals surface area contributed by atoms with Crippen LogP contribution in [0.4, 0.5) is 0 Å². The topological polar surface area (TPSA) is 35.5 Å². The van der Waals surface area contributed by atoms with Gasteiger partial charge < -0.3 is 9.47 Å². The molecule has 0 atom stereocenters. The molecule has 0 aliphatic carbocycles. The van der Waals surface area contributed by atoms with E-state index < -0.39 is 0 Å². The first-order valence-electron chi connectivity index (χ1n) is 7.15. The monoisotopic (exact) mass is 284 g/mol. The fraction of sp³-hybridized carbons (Fsp3) is 0.278. The molecule has 2 aromatic rings. The van der Waals surface area contributed by atoms with Crippen molar-refractivity contribution in [1.29, 1.82) is 0 Å². The largest absolute Gasteiger partial charge is 0.496 e.